The molecule has 3 rings (SSSR count). The van der Waals surface area contributed by atoms with Crippen LogP contribution in [0.4, 0.5) is 17.2 Å². The highest BCUT2D eigenvalue weighted by atomic mass is 35.5. The predicted molar refractivity (Wildman–Crippen MR) is 130 cm³/mol. The molecule has 7 heteroatoms. The van der Waals surface area contributed by atoms with Gasteiger partial charge in [-0.05, 0) is 74.6 Å². The molecule has 0 saturated carbocycles. The second kappa shape index (κ2) is 11.0. The van der Waals surface area contributed by atoms with Crippen LogP contribution in [-0.4, -0.2) is 22.5 Å². The number of ether oxygens (including phenoxy) is 1. The summed E-state index contributed by atoms with van der Waals surface area (Å²) in [5.74, 6) is 1.45. The van der Waals surface area contributed by atoms with Gasteiger partial charge in [-0.25, -0.2) is 9.97 Å². The quantitative estimate of drug-likeness (QED) is 0.380. The molecule has 168 valence electrons. The van der Waals surface area contributed by atoms with Gasteiger partial charge in [0.1, 0.15) is 17.9 Å². The predicted octanol–water partition coefficient (Wildman–Crippen LogP) is 6.16. The number of rotatable bonds is 9. The van der Waals surface area contributed by atoms with E-state index in [-0.39, 0.29) is 5.91 Å². The van der Waals surface area contributed by atoms with Crippen LogP contribution in [0.2, 0.25) is 5.02 Å². The van der Waals surface area contributed by atoms with E-state index in [0.717, 1.165) is 51.0 Å². The van der Waals surface area contributed by atoms with E-state index in [1.165, 1.54) is 6.33 Å². The van der Waals surface area contributed by atoms with Crippen molar-refractivity contribution in [3.05, 3.63) is 70.1 Å². The molecule has 6 nitrogen and oxygen atoms in total. The first-order chi connectivity index (χ1) is 15.4. The molecule has 0 fully saturated rings. The van der Waals surface area contributed by atoms with Gasteiger partial charge in [-0.1, -0.05) is 24.6 Å². The summed E-state index contributed by atoms with van der Waals surface area (Å²) in [7, 11) is 0. The van der Waals surface area contributed by atoms with E-state index in [9.17, 15) is 4.79 Å². The molecule has 0 spiro atoms. The molecule has 0 aliphatic heterocycles. The second-order valence-corrected chi connectivity index (χ2v) is 8.14. The zero-order chi connectivity index (χ0) is 23.1. The molecule has 32 heavy (non-hydrogen) atoms. The topological polar surface area (TPSA) is 76.1 Å². The minimum Gasteiger partial charge on any atom is -0.494 e. The normalized spacial score (nSPS) is 10.7. The summed E-state index contributed by atoms with van der Waals surface area (Å²) in [6, 6.07) is 11.6. The van der Waals surface area contributed by atoms with Gasteiger partial charge in [-0.2, -0.15) is 0 Å². The van der Waals surface area contributed by atoms with Gasteiger partial charge in [0.25, 0.3) is 0 Å². The Morgan fingerprint density at radius 2 is 1.81 bits per heavy atom. The van der Waals surface area contributed by atoms with Gasteiger partial charge >= 0.3 is 0 Å². The summed E-state index contributed by atoms with van der Waals surface area (Å²) in [6.45, 7) is 8.35. The third kappa shape index (κ3) is 6.44. The molecule has 0 atom stereocenters. The van der Waals surface area contributed by atoms with Gasteiger partial charge in [0.05, 0.1) is 6.61 Å². The molecule has 1 heterocycles. The number of halogens is 1. The van der Waals surface area contributed by atoms with Crippen molar-refractivity contribution in [3.8, 4) is 5.75 Å². The Morgan fingerprint density at radius 3 is 2.50 bits per heavy atom. The van der Waals surface area contributed by atoms with Crippen LogP contribution in [0.15, 0.2) is 42.7 Å². The number of aromatic nitrogens is 2. The van der Waals surface area contributed by atoms with Crippen LogP contribution < -0.4 is 15.4 Å². The number of amides is 1. The van der Waals surface area contributed by atoms with Gasteiger partial charge in [0, 0.05) is 34.6 Å². The summed E-state index contributed by atoms with van der Waals surface area (Å²) < 4.78 is 5.80. The van der Waals surface area contributed by atoms with Crippen LogP contribution in [0, 0.1) is 20.8 Å². The van der Waals surface area contributed by atoms with Crippen molar-refractivity contribution < 1.29 is 9.53 Å². The Balaban J connectivity index is 1.55. The van der Waals surface area contributed by atoms with E-state index in [1.54, 1.807) is 0 Å². The van der Waals surface area contributed by atoms with Crippen molar-refractivity contribution in [3.63, 3.8) is 0 Å². The van der Waals surface area contributed by atoms with Crippen LogP contribution >= 0.6 is 11.6 Å². The molecule has 1 amide bonds. The highest BCUT2D eigenvalue weighted by molar-refractivity contribution is 6.32. The molecular formula is C25H29ClN4O2. The second-order valence-electron chi connectivity index (χ2n) is 7.77. The lowest BCUT2D eigenvalue weighted by Gasteiger charge is -2.14. The van der Waals surface area contributed by atoms with E-state index in [1.807, 2.05) is 57.2 Å². The van der Waals surface area contributed by atoms with Gasteiger partial charge in [0.15, 0.2) is 0 Å². The Morgan fingerprint density at radius 1 is 1.06 bits per heavy atom. The number of nitrogens with zero attached hydrogens (tertiary/aromatic N) is 2. The maximum Gasteiger partial charge on any atom is 0.224 e. The van der Waals surface area contributed by atoms with Crippen LogP contribution in [-0.2, 0) is 11.2 Å². The Hall–Kier alpha value is -3.12. The van der Waals surface area contributed by atoms with Crippen molar-refractivity contribution in [2.75, 3.05) is 17.2 Å². The van der Waals surface area contributed by atoms with Crippen molar-refractivity contribution in [1.82, 2.24) is 9.97 Å². The highest BCUT2D eigenvalue weighted by Crippen LogP contribution is 2.26. The standard InChI is InChI=1S/C25H29ClN4O2/c1-5-19-8-9-20(29-23-13-18(4)27-15-28-23)14-22(19)30-24(31)7-6-10-32-21-11-16(2)25(26)17(3)12-21/h8-9,11-15H,5-7,10H2,1-4H3,(H,30,31)(H,27,28,29). The molecule has 0 aliphatic rings. The minimum atomic E-state index is -0.0400. The van der Waals surface area contributed by atoms with Crippen LogP contribution in [0.3, 0.4) is 0 Å². The van der Waals surface area contributed by atoms with Crippen LogP contribution in [0.25, 0.3) is 0 Å². The average Bonchev–Trinajstić information content (AvgIpc) is 2.75. The Bertz CT molecular complexity index is 1080. The molecular weight excluding hydrogens is 424 g/mol. The minimum absolute atomic E-state index is 0.0400. The van der Waals surface area contributed by atoms with Gasteiger partial charge in [-0.15, -0.1) is 0 Å². The number of aryl methyl sites for hydroxylation is 4. The number of hydrogen-bond acceptors (Lipinski definition) is 5. The monoisotopic (exact) mass is 452 g/mol. The van der Waals surface area contributed by atoms with E-state index in [2.05, 4.69) is 27.5 Å². The molecule has 0 unspecified atom stereocenters. The van der Waals surface area contributed by atoms with Crippen molar-refractivity contribution in [2.24, 2.45) is 0 Å². The lowest BCUT2D eigenvalue weighted by Crippen LogP contribution is -2.14. The highest BCUT2D eigenvalue weighted by Gasteiger charge is 2.09. The molecule has 0 bridgehead atoms. The van der Waals surface area contributed by atoms with Gasteiger partial charge in [0.2, 0.25) is 5.91 Å². The SMILES string of the molecule is CCc1ccc(Nc2cc(C)ncn2)cc1NC(=O)CCCOc1cc(C)c(Cl)c(C)c1. The van der Waals surface area contributed by atoms with Gasteiger partial charge in [-0.3, -0.25) is 4.79 Å². The van der Waals surface area contributed by atoms with E-state index < -0.39 is 0 Å². The number of benzene rings is 2. The Kier molecular flexibility index (Phi) is 8.06. The summed E-state index contributed by atoms with van der Waals surface area (Å²) in [4.78, 5) is 20.9. The van der Waals surface area contributed by atoms with Crippen LogP contribution in [0.1, 0.15) is 42.1 Å². The van der Waals surface area contributed by atoms with Crippen molar-refractivity contribution in [2.45, 2.75) is 47.0 Å². The molecule has 2 N–H and O–H groups in total. The maximum absolute atomic E-state index is 12.5. The number of carbonyl (C=O) groups excluding carboxylic acids is 1. The molecule has 3 aromatic rings. The maximum atomic E-state index is 12.5. The van der Waals surface area contributed by atoms with E-state index >= 15 is 0 Å². The largest absolute Gasteiger partial charge is 0.494 e. The lowest BCUT2D eigenvalue weighted by molar-refractivity contribution is -0.116. The molecule has 1 aromatic heterocycles. The Labute approximate surface area is 194 Å². The summed E-state index contributed by atoms with van der Waals surface area (Å²) in [5, 5.41) is 7.06. The zero-order valence-corrected chi connectivity index (χ0v) is 19.7. The fourth-order valence-electron chi connectivity index (χ4n) is 3.37. The number of nitrogens with one attached hydrogen (secondary N) is 2. The van der Waals surface area contributed by atoms with Crippen molar-refractivity contribution in [1.29, 1.82) is 0 Å². The first kappa shape index (κ1) is 23.5. The fraction of sp³-hybridized carbons (Fsp3) is 0.320. The number of anilines is 3. The third-order valence-corrected chi connectivity index (χ3v) is 5.66. The first-order valence-corrected chi connectivity index (χ1v) is 11.1. The smallest absolute Gasteiger partial charge is 0.224 e. The summed E-state index contributed by atoms with van der Waals surface area (Å²) in [5.41, 5.74) is 5.58. The summed E-state index contributed by atoms with van der Waals surface area (Å²) >= 11 is 6.20. The molecule has 0 saturated heterocycles. The van der Waals surface area contributed by atoms with E-state index in [0.29, 0.717) is 25.3 Å². The number of carbonyl (C=O) groups is 1. The van der Waals surface area contributed by atoms with Gasteiger partial charge < -0.3 is 15.4 Å². The molecule has 2 aromatic carbocycles. The fourth-order valence-corrected chi connectivity index (χ4v) is 3.48. The lowest BCUT2D eigenvalue weighted by atomic mass is 10.1. The molecule has 0 aliphatic carbocycles. The zero-order valence-electron chi connectivity index (χ0n) is 19.0. The first-order valence-electron chi connectivity index (χ1n) is 10.7. The molecule has 0 radical (unpaired) electrons. The van der Waals surface area contributed by atoms with Crippen molar-refractivity contribution >= 4 is 34.7 Å². The third-order valence-electron chi connectivity index (χ3n) is 5.07. The van der Waals surface area contributed by atoms with Crippen LogP contribution in [0.5, 0.6) is 5.75 Å². The summed E-state index contributed by atoms with van der Waals surface area (Å²) in [6.07, 6.45) is 3.33. The number of hydrogen-bond donors (Lipinski definition) is 2. The average molecular weight is 453 g/mol. The van der Waals surface area contributed by atoms with E-state index in [4.69, 9.17) is 16.3 Å².